The zero-order chi connectivity index (χ0) is 18.1. The van der Waals surface area contributed by atoms with Crippen LogP contribution in [0.15, 0.2) is 50.6 Å². The SMILES string of the molecule is CCOc1ccc(N2CN=c3s/c(=C/c4ccc(I)o4)c(=O)n3C2)cc1. The summed E-state index contributed by atoms with van der Waals surface area (Å²) < 4.78 is 14.1. The quantitative estimate of drug-likeness (QED) is 0.538. The normalized spacial score (nSPS) is 14.2. The summed E-state index contributed by atoms with van der Waals surface area (Å²) in [5, 5.41) is 0. The van der Waals surface area contributed by atoms with E-state index in [-0.39, 0.29) is 5.56 Å². The van der Waals surface area contributed by atoms with Gasteiger partial charge in [0.15, 0.2) is 8.57 Å². The maximum atomic E-state index is 12.7. The van der Waals surface area contributed by atoms with E-state index in [2.05, 4.69) is 32.5 Å². The first-order valence-corrected chi connectivity index (χ1v) is 10.0. The van der Waals surface area contributed by atoms with E-state index in [0.717, 1.165) is 20.0 Å². The van der Waals surface area contributed by atoms with E-state index in [9.17, 15) is 4.79 Å². The second kappa shape index (κ2) is 7.28. The minimum Gasteiger partial charge on any atom is -0.494 e. The van der Waals surface area contributed by atoms with Gasteiger partial charge in [-0.3, -0.25) is 9.36 Å². The standard InChI is InChI=1S/C18H16IN3O3S/c1-2-24-13-5-3-12(4-6-13)21-10-20-18-22(11-21)17(23)15(26-18)9-14-7-8-16(19)25-14/h3-9H,2,10-11H2,1H3/b15-9+. The summed E-state index contributed by atoms with van der Waals surface area (Å²) in [6.45, 7) is 3.60. The van der Waals surface area contributed by atoms with E-state index < -0.39 is 0 Å². The lowest BCUT2D eigenvalue weighted by atomic mass is 10.3. The molecule has 1 aliphatic heterocycles. The van der Waals surface area contributed by atoms with Crippen LogP contribution in [0.5, 0.6) is 5.75 Å². The molecule has 0 N–H and O–H groups in total. The van der Waals surface area contributed by atoms with E-state index in [1.54, 1.807) is 10.6 Å². The van der Waals surface area contributed by atoms with Crippen molar-refractivity contribution in [3.05, 3.63) is 65.6 Å². The summed E-state index contributed by atoms with van der Waals surface area (Å²) >= 11 is 3.50. The Morgan fingerprint density at radius 2 is 2.12 bits per heavy atom. The number of furan rings is 1. The molecule has 6 nitrogen and oxygen atoms in total. The molecule has 134 valence electrons. The van der Waals surface area contributed by atoms with Crippen LogP contribution in [-0.2, 0) is 6.67 Å². The molecule has 0 saturated carbocycles. The van der Waals surface area contributed by atoms with Gasteiger partial charge in [0, 0.05) is 11.8 Å². The molecule has 1 aromatic carbocycles. The molecular weight excluding hydrogens is 465 g/mol. The van der Waals surface area contributed by atoms with E-state index in [1.807, 2.05) is 43.3 Å². The maximum absolute atomic E-state index is 12.7. The zero-order valence-electron chi connectivity index (χ0n) is 14.0. The summed E-state index contributed by atoms with van der Waals surface area (Å²) in [7, 11) is 0. The lowest BCUT2D eigenvalue weighted by Crippen LogP contribution is -2.42. The number of anilines is 1. The molecule has 26 heavy (non-hydrogen) atoms. The smallest absolute Gasteiger partial charge is 0.271 e. The molecule has 0 amide bonds. The van der Waals surface area contributed by atoms with Gasteiger partial charge in [-0.25, -0.2) is 4.99 Å². The molecule has 1 aliphatic rings. The van der Waals surface area contributed by atoms with Gasteiger partial charge in [-0.1, -0.05) is 11.3 Å². The summed E-state index contributed by atoms with van der Waals surface area (Å²) in [4.78, 5) is 20.1. The van der Waals surface area contributed by atoms with Crippen molar-refractivity contribution in [3.63, 3.8) is 0 Å². The van der Waals surface area contributed by atoms with Crippen LogP contribution in [0.3, 0.4) is 0 Å². The van der Waals surface area contributed by atoms with Crippen LogP contribution in [0.1, 0.15) is 12.7 Å². The summed E-state index contributed by atoms with van der Waals surface area (Å²) in [5.74, 6) is 1.51. The number of fused-ring (bicyclic) bond motifs is 1. The number of thiazole rings is 1. The molecule has 0 unspecified atom stereocenters. The molecule has 0 radical (unpaired) electrons. The van der Waals surface area contributed by atoms with Gasteiger partial charge in [0.2, 0.25) is 0 Å². The number of hydrogen-bond acceptors (Lipinski definition) is 6. The van der Waals surface area contributed by atoms with Crippen molar-refractivity contribution < 1.29 is 9.15 Å². The van der Waals surface area contributed by atoms with Gasteiger partial charge in [-0.2, -0.15) is 0 Å². The Kier molecular flexibility index (Phi) is 4.86. The first-order valence-electron chi connectivity index (χ1n) is 8.13. The Labute approximate surface area is 167 Å². The molecule has 0 saturated heterocycles. The van der Waals surface area contributed by atoms with Crippen LogP contribution in [0.4, 0.5) is 5.69 Å². The van der Waals surface area contributed by atoms with Crippen molar-refractivity contribution >= 4 is 45.7 Å². The fourth-order valence-electron chi connectivity index (χ4n) is 2.73. The van der Waals surface area contributed by atoms with Crippen LogP contribution < -0.4 is 24.5 Å². The number of nitrogens with zero attached hydrogens (tertiary/aromatic N) is 3. The van der Waals surface area contributed by atoms with Gasteiger partial charge >= 0.3 is 0 Å². The highest BCUT2D eigenvalue weighted by Crippen LogP contribution is 2.20. The third-order valence-electron chi connectivity index (χ3n) is 3.96. The van der Waals surface area contributed by atoms with Crippen molar-refractivity contribution in [2.75, 3.05) is 18.2 Å². The molecule has 0 bridgehead atoms. The molecule has 3 heterocycles. The fourth-order valence-corrected chi connectivity index (χ4v) is 4.11. The Bertz CT molecular complexity index is 1100. The topological polar surface area (TPSA) is 60.0 Å². The van der Waals surface area contributed by atoms with E-state index in [1.165, 1.54) is 11.3 Å². The molecule has 8 heteroatoms. The van der Waals surface area contributed by atoms with Crippen LogP contribution in [0, 0.1) is 3.77 Å². The van der Waals surface area contributed by atoms with Crippen molar-refractivity contribution in [1.29, 1.82) is 0 Å². The average Bonchev–Trinajstić information content (AvgIpc) is 3.19. The summed E-state index contributed by atoms with van der Waals surface area (Å²) in [5.41, 5.74) is 0.961. The van der Waals surface area contributed by atoms with Crippen molar-refractivity contribution in [2.45, 2.75) is 13.6 Å². The zero-order valence-corrected chi connectivity index (χ0v) is 17.0. The minimum absolute atomic E-state index is 0.0456. The molecule has 2 aromatic heterocycles. The summed E-state index contributed by atoms with van der Waals surface area (Å²) in [6, 6.07) is 11.6. The summed E-state index contributed by atoms with van der Waals surface area (Å²) in [6.07, 6.45) is 1.78. The minimum atomic E-state index is -0.0456. The maximum Gasteiger partial charge on any atom is 0.271 e. The van der Waals surface area contributed by atoms with Crippen molar-refractivity contribution in [2.24, 2.45) is 4.99 Å². The van der Waals surface area contributed by atoms with Crippen LogP contribution in [0.2, 0.25) is 0 Å². The largest absolute Gasteiger partial charge is 0.494 e. The highest BCUT2D eigenvalue weighted by Gasteiger charge is 2.16. The third-order valence-corrected chi connectivity index (χ3v) is 5.58. The molecular formula is C18H16IN3O3S. The van der Waals surface area contributed by atoms with Crippen LogP contribution >= 0.6 is 33.9 Å². The monoisotopic (exact) mass is 481 g/mol. The average molecular weight is 481 g/mol. The fraction of sp³-hybridized carbons (Fsp3) is 0.222. The molecule has 0 atom stereocenters. The first kappa shape index (κ1) is 17.3. The number of benzene rings is 1. The molecule has 4 rings (SSSR count). The highest BCUT2D eigenvalue weighted by atomic mass is 127. The number of rotatable bonds is 4. The Balaban J connectivity index is 1.63. The van der Waals surface area contributed by atoms with Gasteiger partial charge in [-0.15, -0.1) is 0 Å². The second-order valence-electron chi connectivity index (χ2n) is 5.68. The Morgan fingerprint density at radius 3 is 2.81 bits per heavy atom. The number of ether oxygens (including phenoxy) is 1. The third kappa shape index (κ3) is 3.43. The lowest BCUT2D eigenvalue weighted by molar-refractivity contribution is 0.340. The Morgan fingerprint density at radius 1 is 1.31 bits per heavy atom. The Hall–Kier alpha value is -2.07. The van der Waals surface area contributed by atoms with Crippen LogP contribution in [-0.4, -0.2) is 17.8 Å². The van der Waals surface area contributed by atoms with Gasteiger partial charge in [-0.05, 0) is 65.9 Å². The molecule has 0 aliphatic carbocycles. The van der Waals surface area contributed by atoms with Crippen LogP contribution in [0.25, 0.3) is 6.08 Å². The first-order chi connectivity index (χ1) is 12.6. The number of aromatic nitrogens is 1. The van der Waals surface area contributed by atoms with Gasteiger partial charge in [0.25, 0.3) is 5.56 Å². The number of halogens is 1. The molecule has 0 fully saturated rings. The predicted molar refractivity (Wildman–Crippen MR) is 109 cm³/mol. The van der Waals surface area contributed by atoms with Crippen molar-refractivity contribution in [3.8, 4) is 5.75 Å². The van der Waals surface area contributed by atoms with E-state index in [4.69, 9.17) is 9.15 Å². The van der Waals surface area contributed by atoms with E-state index >= 15 is 0 Å². The molecule has 0 spiro atoms. The lowest BCUT2D eigenvalue weighted by Gasteiger charge is -2.25. The van der Waals surface area contributed by atoms with Gasteiger partial charge < -0.3 is 14.1 Å². The predicted octanol–water partition coefficient (Wildman–Crippen LogP) is 2.39. The van der Waals surface area contributed by atoms with E-state index in [0.29, 0.717) is 30.2 Å². The highest BCUT2D eigenvalue weighted by molar-refractivity contribution is 14.1. The second-order valence-corrected chi connectivity index (χ2v) is 7.75. The molecule has 3 aromatic rings. The van der Waals surface area contributed by atoms with Gasteiger partial charge in [0.05, 0.1) is 11.1 Å². The van der Waals surface area contributed by atoms with Crippen molar-refractivity contribution in [1.82, 2.24) is 4.57 Å². The number of hydrogen-bond donors (Lipinski definition) is 0. The van der Waals surface area contributed by atoms with Gasteiger partial charge in [0.1, 0.15) is 24.8 Å².